The van der Waals surface area contributed by atoms with Crippen molar-refractivity contribution in [3.05, 3.63) is 48.0 Å². The molecule has 0 radical (unpaired) electrons. The number of benzene rings is 1. The SMILES string of the molecule is CC[C@@H]1C=C[C@H]2[C@@H](C(=O)N([C@H](C)CO)[C@@H]2C(=O)NCc2ccccc2)[C@@H]1C(=O)NC. The summed E-state index contributed by atoms with van der Waals surface area (Å²) in [6.45, 7) is 3.81. The van der Waals surface area contributed by atoms with Crippen LogP contribution >= 0.6 is 0 Å². The summed E-state index contributed by atoms with van der Waals surface area (Å²) in [5.74, 6) is -2.30. The third-order valence-corrected chi connectivity index (χ3v) is 6.39. The lowest BCUT2D eigenvalue weighted by molar-refractivity contribution is -0.143. The molecule has 0 bridgehead atoms. The van der Waals surface area contributed by atoms with Gasteiger partial charge in [0.05, 0.1) is 24.5 Å². The van der Waals surface area contributed by atoms with Gasteiger partial charge in [0.1, 0.15) is 6.04 Å². The van der Waals surface area contributed by atoms with Crippen LogP contribution in [0.3, 0.4) is 0 Å². The van der Waals surface area contributed by atoms with E-state index < -0.39 is 29.8 Å². The van der Waals surface area contributed by atoms with Gasteiger partial charge in [0.2, 0.25) is 17.7 Å². The van der Waals surface area contributed by atoms with E-state index >= 15 is 0 Å². The van der Waals surface area contributed by atoms with Gasteiger partial charge in [-0.25, -0.2) is 0 Å². The smallest absolute Gasteiger partial charge is 0.243 e. The highest BCUT2D eigenvalue weighted by atomic mass is 16.3. The van der Waals surface area contributed by atoms with Crippen molar-refractivity contribution in [1.82, 2.24) is 15.5 Å². The van der Waals surface area contributed by atoms with Crippen LogP contribution in [0.1, 0.15) is 25.8 Å². The molecule has 1 aliphatic heterocycles. The van der Waals surface area contributed by atoms with Gasteiger partial charge in [-0.05, 0) is 24.8 Å². The molecule has 3 amide bonds. The first kappa shape index (κ1) is 22.0. The van der Waals surface area contributed by atoms with E-state index in [9.17, 15) is 19.5 Å². The molecule has 1 aromatic rings. The van der Waals surface area contributed by atoms with Gasteiger partial charge in [0.25, 0.3) is 0 Å². The average molecular weight is 414 g/mol. The van der Waals surface area contributed by atoms with Gasteiger partial charge in [0, 0.05) is 19.5 Å². The number of hydrogen-bond acceptors (Lipinski definition) is 4. The number of aliphatic hydroxyl groups is 1. The molecule has 2 aliphatic rings. The molecule has 1 heterocycles. The number of carbonyl (C=O) groups is 3. The number of amides is 3. The summed E-state index contributed by atoms with van der Waals surface area (Å²) in [5, 5.41) is 15.4. The van der Waals surface area contributed by atoms with Gasteiger partial charge in [-0.2, -0.15) is 0 Å². The van der Waals surface area contributed by atoms with E-state index in [0.717, 1.165) is 12.0 Å². The lowest BCUT2D eigenvalue weighted by atomic mass is 9.69. The fourth-order valence-corrected chi connectivity index (χ4v) is 4.81. The minimum atomic E-state index is -0.755. The number of nitrogens with one attached hydrogen (secondary N) is 2. The predicted molar refractivity (Wildman–Crippen MR) is 113 cm³/mol. The molecule has 1 saturated heterocycles. The Kier molecular flexibility index (Phi) is 6.92. The quantitative estimate of drug-likeness (QED) is 0.583. The Morgan fingerprint density at radius 1 is 1.17 bits per heavy atom. The van der Waals surface area contributed by atoms with Crippen LogP contribution in [0, 0.1) is 23.7 Å². The maximum absolute atomic E-state index is 13.4. The van der Waals surface area contributed by atoms with Crippen molar-refractivity contribution < 1.29 is 19.5 Å². The van der Waals surface area contributed by atoms with Crippen LogP contribution in [0.5, 0.6) is 0 Å². The number of rotatable bonds is 7. The molecule has 7 heteroatoms. The highest BCUT2D eigenvalue weighted by Crippen LogP contribution is 2.45. The largest absolute Gasteiger partial charge is 0.394 e. The standard InChI is InChI=1S/C23H31N3O4/c1-4-16-10-11-17-19(18(16)21(28)24-3)23(30)26(14(2)13-27)20(17)22(29)25-12-15-8-6-5-7-9-15/h5-11,14,16-20,27H,4,12-13H2,1-3H3,(H,24,28)(H,25,29)/t14-,16-,17+,18-,19-,20+/m1/s1. The highest BCUT2D eigenvalue weighted by Gasteiger charge is 2.57. The van der Waals surface area contributed by atoms with Gasteiger partial charge >= 0.3 is 0 Å². The predicted octanol–water partition coefficient (Wildman–Crippen LogP) is 1.08. The normalized spacial score (nSPS) is 28.7. The minimum Gasteiger partial charge on any atom is -0.394 e. The zero-order valence-electron chi connectivity index (χ0n) is 17.7. The molecule has 0 unspecified atom stereocenters. The van der Waals surface area contributed by atoms with E-state index in [1.165, 1.54) is 4.90 Å². The Morgan fingerprint density at radius 3 is 2.47 bits per heavy atom. The Balaban J connectivity index is 1.92. The number of nitrogens with zero attached hydrogens (tertiary/aromatic N) is 1. The second-order valence-corrected chi connectivity index (χ2v) is 8.13. The van der Waals surface area contributed by atoms with Crippen molar-refractivity contribution in [3.8, 4) is 0 Å². The molecule has 0 saturated carbocycles. The Morgan fingerprint density at radius 2 is 1.87 bits per heavy atom. The molecule has 0 aromatic heterocycles. The molecule has 162 valence electrons. The van der Waals surface area contributed by atoms with Crippen LogP contribution in [0.15, 0.2) is 42.5 Å². The van der Waals surface area contributed by atoms with Crippen LogP contribution in [-0.4, -0.2) is 53.5 Å². The van der Waals surface area contributed by atoms with Crippen molar-refractivity contribution >= 4 is 17.7 Å². The fourth-order valence-electron chi connectivity index (χ4n) is 4.81. The Hall–Kier alpha value is -2.67. The summed E-state index contributed by atoms with van der Waals surface area (Å²) in [6.07, 6.45) is 4.62. The van der Waals surface area contributed by atoms with Crippen molar-refractivity contribution in [1.29, 1.82) is 0 Å². The molecular formula is C23H31N3O4. The van der Waals surface area contributed by atoms with E-state index in [0.29, 0.717) is 6.54 Å². The van der Waals surface area contributed by atoms with Crippen LogP contribution in [0.4, 0.5) is 0 Å². The maximum atomic E-state index is 13.4. The second kappa shape index (κ2) is 9.43. The Labute approximate surface area is 177 Å². The second-order valence-electron chi connectivity index (χ2n) is 8.13. The van der Waals surface area contributed by atoms with Gasteiger partial charge in [-0.15, -0.1) is 0 Å². The first-order valence-corrected chi connectivity index (χ1v) is 10.6. The van der Waals surface area contributed by atoms with Crippen LogP contribution in [-0.2, 0) is 20.9 Å². The number of aliphatic hydroxyl groups excluding tert-OH is 1. The molecule has 3 rings (SSSR count). The van der Waals surface area contributed by atoms with Gasteiger partial charge < -0.3 is 20.6 Å². The van der Waals surface area contributed by atoms with E-state index in [-0.39, 0.29) is 30.2 Å². The van der Waals surface area contributed by atoms with Gasteiger partial charge in [0.15, 0.2) is 0 Å². The third kappa shape index (κ3) is 3.99. The number of likely N-dealkylation sites (tertiary alicyclic amines) is 1. The molecule has 6 atom stereocenters. The minimum absolute atomic E-state index is 0.0624. The monoisotopic (exact) mass is 413 g/mol. The first-order chi connectivity index (χ1) is 14.4. The van der Waals surface area contributed by atoms with Crippen LogP contribution in [0.25, 0.3) is 0 Å². The molecule has 30 heavy (non-hydrogen) atoms. The van der Waals surface area contributed by atoms with Gasteiger partial charge in [-0.3, -0.25) is 14.4 Å². The molecule has 3 N–H and O–H groups in total. The van der Waals surface area contributed by atoms with Crippen molar-refractivity contribution in [2.24, 2.45) is 23.7 Å². The number of fused-ring (bicyclic) bond motifs is 1. The van der Waals surface area contributed by atoms with E-state index in [4.69, 9.17) is 0 Å². The maximum Gasteiger partial charge on any atom is 0.243 e. The average Bonchev–Trinajstić information content (AvgIpc) is 3.08. The van der Waals surface area contributed by atoms with E-state index in [1.54, 1.807) is 14.0 Å². The lowest BCUT2D eigenvalue weighted by Gasteiger charge is -2.33. The first-order valence-electron chi connectivity index (χ1n) is 10.6. The van der Waals surface area contributed by atoms with Crippen molar-refractivity contribution in [2.45, 2.75) is 38.9 Å². The van der Waals surface area contributed by atoms with E-state index in [1.807, 2.05) is 49.4 Å². The summed E-state index contributed by atoms with van der Waals surface area (Å²) < 4.78 is 0. The summed E-state index contributed by atoms with van der Waals surface area (Å²) in [5.41, 5.74) is 0.960. The summed E-state index contributed by atoms with van der Waals surface area (Å²) in [7, 11) is 1.57. The zero-order valence-corrected chi connectivity index (χ0v) is 17.7. The van der Waals surface area contributed by atoms with Crippen LogP contribution in [0.2, 0.25) is 0 Å². The molecular weight excluding hydrogens is 382 g/mol. The number of allylic oxidation sites excluding steroid dienone is 1. The number of hydrogen-bond donors (Lipinski definition) is 3. The van der Waals surface area contributed by atoms with Crippen molar-refractivity contribution in [2.75, 3.05) is 13.7 Å². The zero-order chi connectivity index (χ0) is 21.8. The van der Waals surface area contributed by atoms with E-state index in [2.05, 4.69) is 10.6 Å². The van der Waals surface area contributed by atoms with Crippen LogP contribution < -0.4 is 10.6 Å². The summed E-state index contributed by atoms with van der Waals surface area (Å²) in [6, 6.07) is 8.28. The Bertz CT molecular complexity index is 810. The van der Waals surface area contributed by atoms with Gasteiger partial charge in [-0.1, -0.05) is 49.4 Å². The molecule has 7 nitrogen and oxygen atoms in total. The van der Waals surface area contributed by atoms with Crippen molar-refractivity contribution in [3.63, 3.8) is 0 Å². The third-order valence-electron chi connectivity index (χ3n) is 6.39. The summed E-state index contributed by atoms with van der Waals surface area (Å²) >= 11 is 0. The number of carbonyl (C=O) groups excluding carboxylic acids is 3. The highest BCUT2D eigenvalue weighted by molar-refractivity contribution is 5.97. The molecule has 1 fully saturated rings. The molecule has 1 aliphatic carbocycles. The fraction of sp³-hybridized carbons (Fsp3) is 0.522. The summed E-state index contributed by atoms with van der Waals surface area (Å²) in [4.78, 5) is 40.8. The molecule has 1 aromatic carbocycles. The lowest BCUT2D eigenvalue weighted by Crippen LogP contribution is -2.51. The topological polar surface area (TPSA) is 98.7 Å². The molecule has 0 spiro atoms.